The maximum atomic E-state index is 11.8. The number of rotatable bonds is 3. The van der Waals surface area contributed by atoms with Crippen molar-refractivity contribution in [1.29, 1.82) is 0 Å². The van der Waals surface area contributed by atoms with Crippen LogP contribution in [-0.4, -0.2) is 48.5 Å². The van der Waals surface area contributed by atoms with E-state index in [4.69, 9.17) is 23.2 Å². The summed E-state index contributed by atoms with van der Waals surface area (Å²) >= 11 is 11.8. The van der Waals surface area contributed by atoms with Crippen LogP contribution in [0.25, 0.3) is 0 Å². The average molecular weight is 303 g/mol. The van der Waals surface area contributed by atoms with Gasteiger partial charge in [-0.2, -0.15) is 0 Å². The van der Waals surface area contributed by atoms with Gasteiger partial charge < -0.3 is 10.6 Å². The lowest BCUT2D eigenvalue weighted by Crippen LogP contribution is -2.56. The molecule has 1 aliphatic heterocycles. The first-order chi connectivity index (χ1) is 9.11. The number of piperazine rings is 1. The molecule has 2 heterocycles. The molecular weight excluding hydrogens is 287 g/mol. The van der Waals surface area contributed by atoms with Crippen LogP contribution >= 0.6 is 23.2 Å². The summed E-state index contributed by atoms with van der Waals surface area (Å²) in [5.41, 5.74) is 0.877. The van der Waals surface area contributed by atoms with Crippen LogP contribution in [0.4, 0.5) is 0 Å². The van der Waals surface area contributed by atoms with Crippen LogP contribution in [0.2, 0.25) is 10.3 Å². The molecular formula is C12H16Cl2N4O. The number of nitrogens with zero attached hydrogens (tertiary/aromatic N) is 2. The van der Waals surface area contributed by atoms with Crippen LogP contribution in [0.1, 0.15) is 5.56 Å². The van der Waals surface area contributed by atoms with E-state index >= 15 is 0 Å². The molecule has 1 aromatic rings. The topological polar surface area (TPSA) is 57.3 Å². The molecule has 19 heavy (non-hydrogen) atoms. The molecule has 1 fully saturated rings. The van der Waals surface area contributed by atoms with Crippen molar-refractivity contribution < 1.29 is 4.79 Å². The molecule has 5 nitrogen and oxygen atoms in total. The summed E-state index contributed by atoms with van der Waals surface area (Å²) in [6, 6.07) is 3.37. The Morgan fingerprint density at radius 2 is 2.37 bits per heavy atom. The third kappa shape index (κ3) is 3.57. The monoisotopic (exact) mass is 302 g/mol. The fourth-order valence-corrected chi connectivity index (χ4v) is 2.54. The number of aromatic nitrogens is 1. The smallest absolute Gasteiger partial charge is 0.238 e. The molecule has 1 aliphatic rings. The molecule has 1 atom stereocenters. The highest BCUT2D eigenvalue weighted by atomic mass is 35.5. The summed E-state index contributed by atoms with van der Waals surface area (Å²) in [7, 11) is 1.64. The number of carbonyl (C=O) groups is 1. The first-order valence-corrected chi connectivity index (χ1v) is 6.84. The molecule has 1 aromatic heterocycles. The number of amides is 1. The predicted octanol–water partition coefficient (Wildman–Crippen LogP) is 0.908. The van der Waals surface area contributed by atoms with Crippen LogP contribution in [0.3, 0.4) is 0 Å². The van der Waals surface area contributed by atoms with Crippen LogP contribution in [0.5, 0.6) is 0 Å². The number of hydrogen-bond acceptors (Lipinski definition) is 4. The summed E-state index contributed by atoms with van der Waals surface area (Å²) in [5.74, 6) is 0.00486. The number of halogens is 2. The Hall–Kier alpha value is -0.880. The number of likely N-dealkylation sites (N-methyl/N-ethyl adjacent to an activating group) is 1. The fourth-order valence-electron chi connectivity index (χ4n) is 2.14. The highest BCUT2D eigenvalue weighted by Gasteiger charge is 2.28. The molecule has 0 spiro atoms. The molecule has 7 heteroatoms. The van der Waals surface area contributed by atoms with E-state index in [1.165, 1.54) is 0 Å². The Labute approximate surface area is 122 Å². The van der Waals surface area contributed by atoms with Crippen LogP contribution in [0.15, 0.2) is 12.1 Å². The van der Waals surface area contributed by atoms with Crippen LogP contribution in [-0.2, 0) is 11.3 Å². The van der Waals surface area contributed by atoms with Crippen molar-refractivity contribution in [2.45, 2.75) is 12.6 Å². The fraction of sp³-hybridized carbons (Fsp3) is 0.500. The lowest BCUT2D eigenvalue weighted by Gasteiger charge is -2.34. The zero-order valence-corrected chi connectivity index (χ0v) is 12.1. The molecule has 1 amide bonds. The molecule has 0 saturated carbocycles. The molecule has 0 aromatic carbocycles. The Morgan fingerprint density at radius 3 is 3.05 bits per heavy atom. The highest BCUT2D eigenvalue weighted by molar-refractivity contribution is 6.32. The normalized spacial score (nSPS) is 20.3. The minimum absolute atomic E-state index is 0.00486. The molecule has 0 radical (unpaired) electrons. The first-order valence-electron chi connectivity index (χ1n) is 6.09. The third-order valence-electron chi connectivity index (χ3n) is 3.17. The molecule has 104 valence electrons. The van der Waals surface area contributed by atoms with Crippen molar-refractivity contribution in [2.75, 3.05) is 26.7 Å². The lowest BCUT2D eigenvalue weighted by molar-refractivity contribution is -0.126. The van der Waals surface area contributed by atoms with E-state index in [0.29, 0.717) is 23.4 Å². The molecule has 0 aliphatic carbocycles. The second kappa shape index (κ2) is 6.52. The summed E-state index contributed by atoms with van der Waals surface area (Å²) in [5, 5.41) is 6.66. The van der Waals surface area contributed by atoms with Crippen LogP contribution < -0.4 is 10.6 Å². The largest absolute Gasteiger partial charge is 0.358 e. The zero-order valence-electron chi connectivity index (χ0n) is 10.6. The van der Waals surface area contributed by atoms with E-state index < -0.39 is 0 Å². The van der Waals surface area contributed by atoms with Crippen molar-refractivity contribution in [3.63, 3.8) is 0 Å². The Morgan fingerprint density at radius 1 is 1.58 bits per heavy atom. The van der Waals surface area contributed by atoms with Gasteiger partial charge in [-0.15, -0.1) is 0 Å². The van der Waals surface area contributed by atoms with Gasteiger partial charge in [0.15, 0.2) is 0 Å². The Bertz CT molecular complexity index is 469. The van der Waals surface area contributed by atoms with Gasteiger partial charge >= 0.3 is 0 Å². The Balaban J connectivity index is 2.13. The summed E-state index contributed by atoms with van der Waals surface area (Å²) < 4.78 is 0. The predicted molar refractivity (Wildman–Crippen MR) is 75.4 cm³/mol. The van der Waals surface area contributed by atoms with E-state index in [1.54, 1.807) is 13.1 Å². The van der Waals surface area contributed by atoms with E-state index in [-0.39, 0.29) is 11.9 Å². The minimum Gasteiger partial charge on any atom is -0.358 e. The van der Waals surface area contributed by atoms with E-state index in [0.717, 1.165) is 18.7 Å². The van der Waals surface area contributed by atoms with Crippen molar-refractivity contribution >= 4 is 29.1 Å². The summed E-state index contributed by atoms with van der Waals surface area (Å²) in [4.78, 5) is 18.0. The standard InChI is InChI=1S/C12H16Cl2N4O/c1-15-12(19)9-6-16-4-5-18(9)7-8-2-3-10(13)17-11(8)14/h2-3,9,16H,4-7H2,1H3,(H,15,19). The first kappa shape index (κ1) is 14.5. The molecule has 1 unspecified atom stereocenters. The van der Waals surface area contributed by atoms with E-state index in [9.17, 15) is 4.79 Å². The van der Waals surface area contributed by atoms with Crippen molar-refractivity contribution in [3.8, 4) is 0 Å². The summed E-state index contributed by atoms with van der Waals surface area (Å²) in [6.07, 6.45) is 0. The number of hydrogen-bond donors (Lipinski definition) is 2. The zero-order chi connectivity index (χ0) is 13.8. The molecule has 1 saturated heterocycles. The lowest BCUT2D eigenvalue weighted by atomic mass is 10.1. The van der Waals surface area contributed by atoms with E-state index in [1.807, 2.05) is 6.07 Å². The van der Waals surface area contributed by atoms with Gasteiger partial charge in [-0.1, -0.05) is 29.3 Å². The van der Waals surface area contributed by atoms with Crippen molar-refractivity contribution in [3.05, 3.63) is 28.0 Å². The van der Waals surface area contributed by atoms with Gasteiger partial charge in [0.05, 0.1) is 0 Å². The average Bonchev–Trinajstić information content (AvgIpc) is 2.41. The minimum atomic E-state index is -0.189. The van der Waals surface area contributed by atoms with Crippen molar-refractivity contribution in [1.82, 2.24) is 20.5 Å². The number of carbonyl (C=O) groups excluding carboxylic acids is 1. The summed E-state index contributed by atoms with van der Waals surface area (Å²) in [6.45, 7) is 2.87. The number of pyridine rings is 1. The third-order valence-corrected chi connectivity index (χ3v) is 3.71. The number of nitrogens with one attached hydrogen (secondary N) is 2. The quantitative estimate of drug-likeness (QED) is 0.815. The van der Waals surface area contributed by atoms with Crippen LogP contribution in [0, 0.1) is 0 Å². The van der Waals surface area contributed by atoms with Gasteiger partial charge in [-0.05, 0) is 6.07 Å². The highest BCUT2D eigenvalue weighted by Crippen LogP contribution is 2.19. The Kier molecular flexibility index (Phi) is 4.99. The molecule has 2 N–H and O–H groups in total. The van der Waals surface area contributed by atoms with Gasteiger partial charge in [0.25, 0.3) is 0 Å². The maximum Gasteiger partial charge on any atom is 0.238 e. The second-order valence-electron chi connectivity index (χ2n) is 4.39. The maximum absolute atomic E-state index is 11.8. The van der Waals surface area contributed by atoms with Gasteiger partial charge in [-0.25, -0.2) is 4.98 Å². The molecule has 0 bridgehead atoms. The SMILES string of the molecule is CNC(=O)C1CNCCN1Cc1ccc(Cl)nc1Cl. The van der Waals surface area contributed by atoms with E-state index in [2.05, 4.69) is 20.5 Å². The molecule has 2 rings (SSSR count). The van der Waals surface area contributed by atoms with Gasteiger partial charge in [0.1, 0.15) is 16.3 Å². The van der Waals surface area contributed by atoms with Gasteiger partial charge in [-0.3, -0.25) is 9.69 Å². The van der Waals surface area contributed by atoms with Crippen molar-refractivity contribution in [2.24, 2.45) is 0 Å². The second-order valence-corrected chi connectivity index (χ2v) is 5.13. The van der Waals surface area contributed by atoms with Gasteiger partial charge in [0.2, 0.25) is 5.91 Å². The van der Waals surface area contributed by atoms with Gasteiger partial charge in [0, 0.05) is 38.8 Å².